The van der Waals surface area contributed by atoms with Gasteiger partial charge in [0.2, 0.25) is 5.91 Å². The van der Waals surface area contributed by atoms with Gasteiger partial charge >= 0.3 is 0 Å². The first-order valence-corrected chi connectivity index (χ1v) is 7.46. The maximum absolute atomic E-state index is 12.9. The number of carbonyl (C=O) groups is 2. The van der Waals surface area contributed by atoms with E-state index in [1.165, 1.54) is 0 Å². The molecule has 21 heavy (non-hydrogen) atoms. The minimum Gasteiger partial charge on any atom is -0.342 e. The van der Waals surface area contributed by atoms with E-state index >= 15 is 0 Å². The van der Waals surface area contributed by atoms with Gasteiger partial charge < -0.3 is 5.32 Å². The fourth-order valence-corrected chi connectivity index (χ4v) is 2.75. The van der Waals surface area contributed by atoms with Crippen molar-refractivity contribution in [2.75, 3.05) is 4.90 Å². The first-order valence-electron chi connectivity index (χ1n) is 7.46. The minimum absolute atomic E-state index is 0.0282. The first kappa shape index (κ1) is 15.5. The van der Waals surface area contributed by atoms with Gasteiger partial charge in [-0.25, -0.2) is 0 Å². The largest absolute Gasteiger partial charge is 0.342 e. The van der Waals surface area contributed by atoms with Crippen LogP contribution in [0, 0.1) is 12.3 Å². The third kappa shape index (κ3) is 2.94. The Hall–Kier alpha value is -1.84. The average Bonchev–Trinajstić information content (AvgIpc) is 2.39. The molecule has 1 aromatic carbocycles. The molecule has 1 fully saturated rings. The summed E-state index contributed by atoms with van der Waals surface area (Å²) in [6.45, 7) is 9.82. The van der Waals surface area contributed by atoms with Gasteiger partial charge in [-0.3, -0.25) is 14.5 Å². The van der Waals surface area contributed by atoms with E-state index in [4.69, 9.17) is 0 Å². The minimum atomic E-state index is -0.492. The number of hydrogen-bond donors (Lipinski definition) is 1. The summed E-state index contributed by atoms with van der Waals surface area (Å²) in [5.41, 5.74) is 1.57. The Labute approximate surface area is 126 Å². The van der Waals surface area contributed by atoms with Gasteiger partial charge in [-0.1, -0.05) is 39.8 Å². The number of anilines is 1. The molecule has 1 heterocycles. The van der Waals surface area contributed by atoms with E-state index in [9.17, 15) is 9.59 Å². The standard InChI is InChI=1S/C17H24N2O2/c1-6-13-15(20)18-14(17(3,4)5)16(21)19(13)12-9-7-8-11(2)10-12/h7-10,13-14H,6H2,1-5H3,(H,18,20). The molecule has 4 nitrogen and oxygen atoms in total. The second-order valence-corrected chi connectivity index (χ2v) is 6.78. The van der Waals surface area contributed by atoms with E-state index < -0.39 is 12.1 Å². The van der Waals surface area contributed by atoms with Crippen molar-refractivity contribution >= 4 is 17.5 Å². The zero-order chi connectivity index (χ0) is 15.8. The number of rotatable bonds is 2. The van der Waals surface area contributed by atoms with Crippen LogP contribution in [0.15, 0.2) is 24.3 Å². The topological polar surface area (TPSA) is 49.4 Å². The molecule has 0 radical (unpaired) electrons. The summed E-state index contributed by atoms with van der Waals surface area (Å²) < 4.78 is 0. The van der Waals surface area contributed by atoms with Crippen LogP contribution in [-0.2, 0) is 9.59 Å². The van der Waals surface area contributed by atoms with Crippen molar-refractivity contribution in [1.29, 1.82) is 0 Å². The molecular formula is C17H24N2O2. The highest BCUT2D eigenvalue weighted by Gasteiger charge is 2.45. The summed E-state index contributed by atoms with van der Waals surface area (Å²) in [4.78, 5) is 27.0. The van der Waals surface area contributed by atoms with Crippen LogP contribution in [0.4, 0.5) is 5.69 Å². The number of piperazine rings is 1. The lowest BCUT2D eigenvalue weighted by Gasteiger charge is -2.43. The molecule has 2 atom stereocenters. The van der Waals surface area contributed by atoms with Crippen LogP contribution in [0.3, 0.4) is 0 Å². The molecule has 114 valence electrons. The Balaban J connectivity index is 2.47. The quantitative estimate of drug-likeness (QED) is 0.909. The summed E-state index contributed by atoms with van der Waals surface area (Å²) in [6, 6.07) is 6.83. The van der Waals surface area contributed by atoms with Crippen molar-refractivity contribution < 1.29 is 9.59 Å². The number of benzene rings is 1. The molecule has 0 bridgehead atoms. The zero-order valence-electron chi connectivity index (χ0n) is 13.4. The molecule has 1 aliphatic heterocycles. The second-order valence-electron chi connectivity index (χ2n) is 6.78. The molecule has 0 aromatic heterocycles. The van der Waals surface area contributed by atoms with Gasteiger partial charge in [0, 0.05) is 5.69 Å². The van der Waals surface area contributed by atoms with Gasteiger partial charge in [0.05, 0.1) is 0 Å². The predicted molar refractivity (Wildman–Crippen MR) is 84.1 cm³/mol. The van der Waals surface area contributed by atoms with Crippen LogP contribution >= 0.6 is 0 Å². The third-order valence-electron chi connectivity index (χ3n) is 3.92. The number of amides is 2. The molecule has 0 aliphatic carbocycles. The molecule has 1 aromatic rings. The van der Waals surface area contributed by atoms with Gasteiger partial charge in [0.25, 0.3) is 5.91 Å². The molecule has 1 aliphatic rings. The van der Waals surface area contributed by atoms with E-state index in [0.717, 1.165) is 11.3 Å². The van der Waals surface area contributed by atoms with Crippen molar-refractivity contribution in [2.24, 2.45) is 5.41 Å². The van der Waals surface area contributed by atoms with E-state index in [1.54, 1.807) is 4.90 Å². The molecule has 2 amide bonds. The molecule has 1 N–H and O–H groups in total. The fourth-order valence-electron chi connectivity index (χ4n) is 2.75. The number of hydrogen-bond acceptors (Lipinski definition) is 2. The maximum atomic E-state index is 12.9. The predicted octanol–water partition coefficient (Wildman–Crippen LogP) is 2.65. The van der Waals surface area contributed by atoms with Crippen molar-refractivity contribution in [3.05, 3.63) is 29.8 Å². The number of nitrogens with one attached hydrogen (secondary N) is 1. The molecule has 2 rings (SSSR count). The number of aryl methyl sites for hydroxylation is 1. The molecule has 2 unspecified atom stereocenters. The monoisotopic (exact) mass is 288 g/mol. The molecular weight excluding hydrogens is 264 g/mol. The van der Waals surface area contributed by atoms with Crippen LogP contribution in [0.1, 0.15) is 39.7 Å². The summed E-state index contributed by atoms with van der Waals surface area (Å²) in [7, 11) is 0. The van der Waals surface area contributed by atoms with Gasteiger partial charge in [-0.2, -0.15) is 0 Å². The molecule has 1 saturated heterocycles. The van der Waals surface area contributed by atoms with E-state index in [0.29, 0.717) is 6.42 Å². The van der Waals surface area contributed by atoms with Gasteiger partial charge in [0.1, 0.15) is 12.1 Å². The second kappa shape index (κ2) is 5.51. The van der Waals surface area contributed by atoms with Crippen LogP contribution in [-0.4, -0.2) is 23.9 Å². The summed E-state index contributed by atoms with van der Waals surface area (Å²) in [6.07, 6.45) is 0.600. The van der Waals surface area contributed by atoms with Crippen LogP contribution in [0.5, 0.6) is 0 Å². The highest BCUT2D eigenvalue weighted by atomic mass is 16.2. The van der Waals surface area contributed by atoms with Crippen molar-refractivity contribution in [3.8, 4) is 0 Å². The highest BCUT2D eigenvalue weighted by molar-refractivity contribution is 6.08. The Bertz CT molecular complexity index is 560. The zero-order valence-corrected chi connectivity index (χ0v) is 13.4. The number of carbonyl (C=O) groups excluding carboxylic acids is 2. The Kier molecular flexibility index (Phi) is 4.08. The van der Waals surface area contributed by atoms with E-state index in [1.807, 2.05) is 58.9 Å². The average molecular weight is 288 g/mol. The molecule has 0 spiro atoms. The SMILES string of the molecule is CCC1C(=O)NC(C(C)(C)C)C(=O)N1c1cccc(C)c1. The normalized spacial score (nSPS) is 23.2. The van der Waals surface area contributed by atoms with Gasteiger partial charge in [-0.15, -0.1) is 0 Å². The van der Waals surface area contributed by atoms with E-state index in [2.05, 4.69) is 5.32 Å². The van der Waals surface area contributed by atoms with Crippen molar-refractivity contribution in [3.63, 3.8) is 0 Å². The summed E-state index contributed by atoms with van der Waals surface area (Å²) >= 11 is 0. The molecule has 4 heteroatoms. The van der Waals surface area contributed by atoms with Crippen LogP contribution < -0.4 is 10.2 Å². The third-order valence-corrected chi connectivity index (χ3v) is 3.92. The Morgan fingerprint density at radius 1 is 1.24 bits per heavy atom. The van der Waals surface area contributed by atoms with Gasteiger partial charge in [0.15, 0.2) is 0 Å². The smallest absolute Gasteiger partial charge is 0.250 e. The fraction of sp³-hybridized carbons (Fsp3) is 0.529. The summed E-state index contributed by atoms with van der Waals surface area (Å²) in [5, 5.41) is 2.89. The lowest BCUT2D eigenvalue weighted by atomic mass is 9.83. The lowest BCUT2D eigenvalue weighted by Crippen LogP contribution is -2.66. The van der Waals surface area contributed by atoms with Crippen LogP contribution in [0.25, 0.3) is 0 Å². The Morgan fingerprint density at radius 2 is 1.90 bits per heavy atom. The summed E-state index contributed by atoms with van der Waals surface area (Å²) in [5.74, 6) is -0.0990. The molecule has 0 saturated carbocycles. The maximum Gasteiger partial charge on any atom is 0.250 e. The number of nitrogens with zero attached hydrogens (tertiary/aromatic N) is 1. The Morgan fingerprint density at radius 3 is 2.43 bits per heavy atom. The van der Waals surface area contributed by atoms with Crippen LogP contribution in [0.2, 0.25) is 0 Å². The van der Waals surface area contributed by atoms with E-state index in [-0.39, 0.29) is 17.2 Å². The van der Waals surface area contributed by atoms with Crippen molar-refractivity contribution in [2.45, 2.75) is 53.1 Å². The van der Waals surface area contributed by atoms with Gasteiger partial charge in [-0.05, 0) is 36.5 Å². The lowest BCUT2D eigenvalue weighted by molar-refractivity contribution is -0.136. The van der Waals surface area contributed by atoms with Crippen molar-refractivity contribution in [1.82, 2.24) is 5.32 Å². The highest BCUT2D eigenvalue weighted by Crippen LogP contribution is 2.30. The first-order chi connectivity index (χ1) is 9.75.